The Hall–Kier alpha value is -1.94. The molecule has 0 aromatic rings. The highest BCUT2D eigenvalue weighted by atomic mass is 16.3. The van der Waals surface area contributed by atoms with Crippen LogP contribution in [0.15, 0.2) is 47.3 Å². The van der Waals surface area contributed by atoms with Gasteiger partial charge in [0.25, 0.3) is 0 Å². The number of aliphatic hydroxyl groups excluding tert-OH is 2. The van der Waals surface area contributed by atoms with Crippen LogP contribution in [-0.4, -0.2) is 28.4 Å². The van der Waals surface area contributed by atoms with E-state index in [-0.39, 0.29) is 35.7 Å². The Morgan fingerprint density at radius 2 is 2.00 bits per heavy atom. The first-order valence-electron chi connectivity index (χ1n) is 8.46. The van der Waals surface area contributed by atoms with Crippen LogP contribution in [0.3, 0.4) is 0 Å². The Kier molecular flexibility index (Phi) is 3.91. The summed E-state index contributed by atoms with van der Waals surface area (Å²) in [7, 11) is 0. The summed E-state index contributed by atoms with van der Waals surface area (Å²) in [6.07, 6.45) is 7.96. The number of ketones is 2. The van der Waals surface area contributed by atoms with E-state index >= 15 is 0 Å². The zero-order chi connectivity index (χ0) is 17.7. The maximum atomic E-state index is 12.9. The second kappa shape index (κ2) is 5.55. The van der Waals surface area contributed by atoms with Gasteiger partial charge in [0.05, 0.1) is 0 Å². The summed E-state index contributed by atoms with van der Waals surface area (Å²) in [6, 6.07) is 0. The van der Waals surface area contributed by atoms with Crippen molar-refractivity contribution in [3.8, 4) is 0 Å². The Bertz CT molecular complexity index is 724. The van der Waals surface area contributed by atoms with E-state index in [2.05, 4.69) is 6.58 Å². The molecule has 24 heavy (non-hydrogen) atoms. The Morgan fingerprint density at radius 1 is 1.29 bits per heavy atom. The Balaban J connectivity index is 2.20. The van der Waals surface area contributed by atoms with Crippen LogP contribution in [-0.2, 0) is 9.59 Å². The second-order valence-electron chi connectivity index (χ2n) is 7.69. The molecule has 4 nitrogen and oxygen atoms in total. The van der Waals surface area contributed by atoms with Gasteiger partial charge in [-0.3, -0.25) is 9.59 Å². The Labute approximate surface area is 142 Å². The molecule has 0 amide bonds. The number of carbonyl (C=O) groups excluding carboxylic acids is 2. The lowest BCUT2D eigenvalue weighted by atomic mass is 9.50. The minimum absolute atomic E-state index is 0.0336. The largest absolute Gasteiger partial charge is 0.507 e. The molecule has 0 saturated heterocycles. The topological polar surface area (TPSA) is 74.6 Å². The lowest BCUT2D eigenvalue weighted by Gasteiger charge is -2.53. The standard InChI is InChI=1S/C20H24O4/c1-4-6-13-16(22)12-7-8-14-19(2,11-21)9-5-10-20(14,3)15(12)18(24)17(13)23/h4,7-8,14,21-22H,1,5-6,9-11H2,2-3H3. The molecule has 0 spiro atoms. The molecule has 0 aromatic heterocycles. The van der Waals surface area contributed by atoms with E-state index in [1.54, 1.807) is 6.08 Å². The van der Waals surface area contributed by atoms with Gasteiger partial charge in [-0.25, -0.2) is 0 Å². The first kappa shape index (κ1) is 16.9. The average molecular weight is 328 g/mol. The molecule has 128 valence electrons. The average Bonchev–Trinajstić information content (AvgIpc) is 2.55. The van der Waals surface area contributed by atoms with Crippen molar-refractivity contribution in [1.82, 2.24) is 0 Å². The fourth-order valence-electron chi connectivity index (χ4n) is 4.86. The van der Waals surface area contributed by atoms with Gasteiger partial charge in [0.15, 0.2) is 0 Å². The van der Waals surface area contributed by atoms with Crippen molar-refractivity contribution in [2.24, 2.45) is 16.7 Å². The number of hydrogen-bond donors (Lipinski definition) is 2. The fraction of sp³-hybridized carbons (Fsp3) is 0.500. The van der Waals surface area contributed by atoms with Crippen molar-refractivity contribution < 1.29 is 19.8 Å². The molecule has 4 heteroatoms. The van der Waals surface area contributed by atoms with Crippen molar-refractivity contribution in [3.63, 3.8) is 0 Å². The molecule has 3 atom stereocenters. The van der Waals surface area contributed by atoms with Gasteiger partial charge in [-0.15, -0.1) is 6.58 Å². The first-order valence-corrected chi connectivity index (χ1v) is 8.46. The van der Waals surface area contributed by atoms with Gasteiger partial charge in [0.1, 0.15) is 5.76 Å². The van der Waals surface area contributed by atoms with Crippen LogP contribution in [0.1, 0.15) is 39.5 Å². The molecular weight excluding hydrogens is 304 g/mol. The van der Waals surface area contributed by atoms with E-state index in [4.69, 9.17) is 0 Å². The number of fused-ring (bicyclic) bond motifs is 2. The summed E-state index contributed by atoms with van der Waals surface area (Å²) in [6.45, 7) is 7.64. The minimum atomic E-state index is -0.627. The van der Waals surface area contributed by atoms with Crippen LogP contribution in [0.25, 0.3) is 0 Å². The second-order valence-corrected chi connectivity index (χ2v) is 7.69. The number of carbonyl (C=O) groups is 2. The summed E-state index contributed by atoms with van der Waals surface area (Å²) in [5.41, 5.74) is 0.148. The third-order valence-electron chi connectivity index (χ3n) is 6.14. The number of Topliss-reactive ketones (excluding diaryl/α,β-unsaturated/α-hetero) is 2. The molecule has 0 bridgehead atoms. The zero-order valence-corrected chi connectivity index (χ0v) is 14.3. The molecule has 3 aliphatic rings. The molecule has 3 unspecified atom stereocenters. The van der Waals surface area contributed by atoms with Gasteiger partial charge >= 0.3 is 0 Å². The zero-order valence-electron chi connectivity index (χ0n) is 14.3. The third-order valence-corrected chi connectivity index (χ3v) is 6.14. The van der Waals surface area contributed by atoms with Gasteiger partial charge < -0.3 is 10.2 Å². The smallest absolute Gasteiger partial charge is 0.233 e. The van der Waals surface area contributed by atoms with Crippen LogP contribution in [0, 0.1) is 16.7 Å². The lowest BCUT2D eigenvalue weighted by molar-refractivity contribution is -0.134. The number of rotatable bonds is 3. The highest BCUT2D eigenvalue weighted by Gasteiger charge is 2.54. The van der Waals surface area contributed by atoms with Crippen LogP contribution in [0.2, 0.25) is 0 Å². The van der Waals surface area contributed by atoms with E-state index < -0.39 is 17.0 Å². The van der Waals surface area contributed by atoms with E-state index in [0.717, 1.165) is 19.3 Å². The summed E-state index contributed by atoms with van der Waals surface area (Å²) in [5, 5.41) is 20.5. The maximum absolute atomic E-state index is 12.9. The van der Waals surface area contributed by atoms with Gasteiger partial charge in [-0.05, 0) is 30.6 Å². The molecule has 0 aliphatic heterocycles. The van der Waals surface area contributed by atoms with Crippen molar-refractivity contribution in [1.29, 1.82) is 0 Å². The van der Waals surface area contributed by atoms with E-state index in [1.165, 1.54) is 6.08 Å². The van der Waals surface area contributed by atoms with Crippen LogP contribution in [0.5, 0.6) is 0 Å². The van der Waals surface area contributed by atoms with Crippen molar-refractivity contribution in [3.05, 3.63) is 47.3 Å². The quantitative estimate of drug-likeness (QED) is 0.474. The molecule has 0 radical (unpaired) electrons. The molecule has 0 aromatic carbocycles. The summed E-state index contributed by atoms with van der Waals surface area (Å²) in [5.74, 6) is -1.27. The molecule has 2 N–H and O–H groups in total. The molecule has 3 aliphatic carbocycles. The summed E-state index contributed by atoms with van der Waals surface area (Å²) in [4.78, 5) is 25.4. The highest BCUT2D eigenvalue weighted by molar-refractivity contribution is 6.50. The summed E-state index contributed by atoms with van der Waals surface area (Å²) >= 11 is 0. The summed E-state index contributed by atoms with van der Waals surface area (Å²) < 4.78 is 0. The van der Waals surface area contributed by atoms with Crippen LogP contribution < -0.4 is 0 Å². The first-order chi connectivity index (χ1) is 11.3. The lowest BCUT2D eigenvalue weighted by Crippen LogP contribution is -2.50. The predicted molar refractivity (Wildman–Crippen MR) is 91.3 cm³/mol. The van der Waals surface area contributed by atoms with E-state index in [0.29, 0.717) is 11.1 Å². The van der Waals surface area contributed by atoms with Crippen molar-refractivity contribution in [2.45, 2.75) is 39.5 Å². The van der Waals surface area contributed by atoms with Gasteiger partial charge in [-0.1, -0.05) is 38.5 Å². The molecule has 1 fully saturated rings. The van der Waals surface area contributed by atoms with Crippen molar-refractivity contribution in [2.75, 3.05) is 6.61 Å². The minimum Gasteiger partial charge on any atom is -0.507 e. The molecular formula is C20H24O4. The van der Waals surface area contributed by atoms with E-state index in [1.807, 2.05) is 19.9 Å². The van der Waals surface area contributed by atoms with Crippen LogP contribution >= 0.6 is 0 Å². The van der Waals surface area contributed by atoms with Crippen molar-refractivity contribution >= 4 is 11.6 Å². The number of aliphatic hydroxyl groups is 2. The predicted octanol–water partition coefficient (Wildman–Crippen LogP) is 3.20. The number of hydrogen-bond acceptors (Lipinski definition) is 4. The van der Waals surface area contributed by atoms with Crippen LogP contribution in [0.4, 0.5) is 0 Å². The molecule has 0 heterocycles. The molecule has 3 rings (SSSR count). The highest BCUT2D eigenvalue weighted by Crippen LogP contribution is 2.59. The van der Waals surface area contributed by atoms with Gasteiger partial charge in [0.2, 0.25) is 11.6 Å². The monoisotopic (exact) mass is 328 g/mol. The van der Waals surface area contributed by atoms with Gasteiger partial charge in [-0.2, -0.15) is 0 Å². The van der Waals surface area contributed by atoms with Gasteiger partial charge in [0, 0.05) is 28.7 Å². The molecule has 1 saturated carbocycles. The maximum Gasteiger partial charge on any atom is 0.233 e. The normalized spacial score (nSPS) is 35.9. The fourth-order valence-corrected chi connectivity index (χ4v) is 4.86. The third kappa shape index (κ3) is 2.09. The number of allylic oxidation sites excluding steroid dienone is 5. The van der Waals surface area contributed by atoms with E-state index in [9.17, 15) is 19.8 Å². The SMILES string of the molecule is C=CCC1=C(O)C2=C(C(=O)C1=O)C1(C)CCCC(C)(CO)C1C=C2. The Morgan fingerprint density at radius 3 is 2.62 bits per heavy atom.